The van der Waals surface area contributed by atoms with E-state index < -0.39 is 27.4 Å². The molecule has 0 saturated carbocycles. The van der Waals surface area contributed by atoms with E-state index in [1.807, 2.05) is 6.92 Å². The van der Waals surface area contributed by atoms with E-state index in [9.17, 15) is 17.6 Å². The number of carbonyl (C=O) groups excluding carboxylic acids is 1. The fourth-order valence-corrected chi connectivity index (χ4v) is 4.86. The van der Waals surface area contributed by atoms with Crippen molar-refractivity contribution in [2.24, 2.45) is 0 Å². The number of ether oxygens (including phenoxy) is 1. The molecule has 1 aromatic heterocycles. The van der Waals surface area contributed by atoms with Crippen LogP contribution in [0.3, 0.4) is 0 Å². The van der Waals surface area contributed by atoms with Crippen molar-refractivity contribution in [2.75, 3.05) is 13.1 Å². The second kappa shape index (κ2) is 9.38. The number of hydrogen-bond donors (Lipinski definition) is 0. The van der Waals surface area contributed by atoms with E-state index in [2.05, 4.69) is 4.98 Å². The summed E-state index contributed by atoms with van der Waals surface area (Å²) in [6.07, 6.45) is 1.81. The van der Waals surface area contributed by atoms with Gasteiger partial charge in [-0.1, -0.05) is 20.8 Å². The lowest BCUT2D eigenvalue weighted by atomic mass is 10.2. The highest BCUT2D eigenvalue weighted by atomic mass is 32.2. The molecular formula is C18H23FN2O4S2. The molecule has 148 valence electrons. The topological polar surface area (TPSA) is 76.6 Å². The molecule has 0 radical (unpaired) electrons. The zero-order chi connectivity index (χ0) is 20.0. The molecule has 0 amide bonds. The maximum Gasteiger partial charge on any atom is 0.341 e. The summed E-state index contributed by atoms with van der Waals surface area (Å²) >= 11 is 1.48. The van der Waals surface area contributed by atoms with Crippen LogP contribution in [-0.4, -0.2) is 36.8 Å². The highest BCUT2D eigenvalue weighted by molar-refractivity contribution is 7.89. The van der Waals surface area contributed by atoms with Crippen molar-refractivity contribution in [1.29, 1.82) is 0 Å². The van der Waals surface area contributed by atoms with Crippen molar-refractivity contribution in [3.8, 4) is 0 Å². The van der Waals surface area contributed by atoms with Crippen LogP contribution in [0.1, 0.15) is 48.3 Å². The predicted molar refractivity (Wildman–Crippen MR) is 102 cm³/mol. The standard InChI is InChI=1S/C18H23FN2O4S2/c1-4-7-17-20-13(12-26-17)11-25-18(22)15-10-14(8-9-16(15)19)27(23,24)21(5-2)6-3/h8-10,12H,4-7,11H2,1-3H3. The van der Waals surface area contributed by atoms with Crippen LogP contribution in [0.4, 0.5) is 4.39 Å². The molecule has 0 atom stereocenters. The van der Waals surface area contributed by atoms with E-state index in [4.69, 9.17) is 4.74 Å². The third-order valence-electron chi connectivity index (χ3n) is 3.92. The van der Waals surface area contributed by atoms with Crippen LogP contribution < -0.4 is 0 Å². The second-order valence-corrected chi connectivity index (χ2v) is 8.67. The van der Waals surface area contributed by atoms with Gasteiger partial charge < -0.3 is 4.74 Å². The molecule has 0 bridgehead atoms. The van der Waals surface area contributed by atoms with Gasteiger partial charge in [0.1, 0.15) is 12.4 Å². The van der Waals surface area contributed by atoms with Gasteiger partial charge in [0.05, 0.1) is 21.2 Å². The summed E-state index contributed by atoms with van der Waals surface area (Å²) in [6, 6.07) is 3.14. The van der Waals surface area contributed by atoms with E-state index in [1.54, 1.807) is 19.2 Å². The Kier molecular flexibility index (Phi) is 7.46. The summed E-state index contributed by atoms with van der Waals surface area (Å²) in [7, 11) is -3.80. The fourth-order valence-electron chi connectivity index (χ4n) is 2.50. The molecule has 2 aromatic rings. The van der Waals surface area contributed by atoms with Gasteiger partial charge in [-0.3, -0.25) is 0 Å². The minimum absolute atomic E-state index is 0.0918. The molecule has 0 spiro atoms. The second-order valence-electron chi connectivity index (χ2n) is 5.79. The van der Waals surface area contributed by atoms with Gasteiger partial charge >= 0.3 is 5.97 Å². The number of rotatable bonds is 9. The number of aryl methyl sites for hydroxylation is 1. The van der Waals surface area contributed by atoms with E-state index in [-0.39, 0.29) is 24.6 Å². The largest absolute Gasteiger partial charge is 0.455 e. The lowest BCUT2D eigenvalue weighted by molar-refractivity contribution is 0.0462. The molecule has 0 fully saturated rings. The van der Waals surface area contributed by atoms with E-state index in [1.165, 1.54) is 15.6 Å². The first kappa shape index (κ1) is 21.5. The molecule has 1 aromatic carbocycles. The van der Waals surface area contributed by atoms with E-state index in [0.717, 1.165) is 36.0 Å². The Morgan fingerprint density at radius 3 is 2.59 bits per heavy atom. The maximum absolute atomic E-state index is 14.1. The average Bonchev–Trinajstić information content (AvgIpc) is 3.08. The van der Waals surface area contributed by atoms with Gasteiger partial charge in [-0.25, -0.2) is 22.6 Å². The number of benzene rings is 1. The van der Waals surface area contributed by atoms with Crippen LogP contribution in [-0.2, 0) is 27.8 Å². The zero-order valence-corrected chi connectivity index (χ0v) is 17.2. The smallest absolute Gasteiger partial charge is 0.341 e. The molecule has 0 aliphatic rings. The monoisotopic (exact) mass is 414 g/mol. The summed E-state index contributed by atoms with van der Waals surface area (Å²) in [6.45, 7) is 5.93. The van der Waals surface area contributed by atoms with Gasteiger partial charge in [0.15, 0.2) is 0 Å². The third kappa shape index (κ3) is 5.12. The number of halogens is 1. The minimum Gasteiger partial charge on any atom is -0.455 e. The number of esters is 1. The Morgan fingerprint density at radius 2 is 1.96 bits per heavy atom. The zero-order valence-electron chi connectivity index (χ0n) is 15.6. The fraction of sp³-hybridized carbons (Fsp3) is 0.444. The summed E-state index contributed by atoms with van der Waals surface area (Å²) in [4.78, 5) is 16.5. The van der Waals surface area contributed by atoms with Crippen LogP contribution in [0.25, 0.3) is 0 Å². The van der Waals surface area contributed by atoms with Gasteiger partial charge in [0.25, 0.3) is 0 Å². The lowest BCUT2D eigenvalue weighted by Crippen LogP contribution is -2.30. The third-order valence-corrected chi connectivity index (χ3v) is 6.92. The highest BCUT2D eigenvalue weighted by Crippen LogP contribution is 2.20. The average molecular weight is 415 g/mol. The minimum atomic E-state index is -3.80. The maximum atomic E-state index is 14.1. The predicted octanol–water partition coefficient (Wildman–Crippen LogP) is 3.62. The molecule has 6 nitrogen and oxygen atoms in total. The Morgan fingerprint density at radius 1 is 1.26 bits per heavy atom. The van der Waals surface area contributed by atoms with Gasteiger partial charge in [-0.15, -0.1) is 11.3 Å². The molecular weight excluding hydrogens is 391 g/mol. The molecule has 0 unspecified atom stereocenters. The van der Waals surface area contributed by atoms with Crippen molar-refractivity contribution in [3.05, 3.63) is 45.7 Å². The highest BCUT2D eigenvalue weighted by Gasteiger charge is 2.24. The Labute approximate surface area is 163 Å². The Bertz CT molecular complexity index is 893. The summed E-state index contributed by atoms with van der Waals surface area (Å²) in [5.74, 6) is -1.75. The first-order valence-corrected chi connectivity index (χ1v) is 11.1. The number of aromatic nitrogens is 1. The number of thiazole rings is 1. The molecule has 2 rings (SSSR count). The van der Waals surface area contributed by atoms with Crippen LogP contribution in [0, 0.1) is 5.82 Å². The van der Waals surface area contributed by atoms with Crippen molar-refractivity contribution >= 4 is 27.3 Å². The first-order valence-electron chi connectivity index (χ1n) is 8.73. The Balaban J connectivity index is 2.18. The van der Waals surface area contributed by atoms with Gasteiger partial charge in [0, 0.05) is 18.5 Å². The van der Waals surface area contributed by atoms with Crippen LogP contribution in [0.2, 0.25) is 0 Å². The number of nitrogens with zero attached hydrogens (tertiary/aromatic N) is 2. The normalized spacial score (nSPS) is 11.7. The molecule has 27 heavy (non-hydrogen) atoms. The van der Waals surface area contributed by atoms with E-state index in [0.29, 0.717) is 5.69 Å². The Hall–Kier alpha value is -1.84. The van der Waals surface area contributed by atoms with Gasteiger partial charge in [-0.2, -0.15) is 4.31 Å². The summed E-state index contributed by atoms with van der Waals surface area (Å²) in [5, 5.41) is 2.73. The lowest BCUT2D eigenvalue weighted by Gasteiger charge is -2.18. The molecule has 0 aliphatic carbocycles. The molecule has 0 aliphatic heterocycles. The SMILES string of the molecule is CCCc1nc(COC(=O)c2cc(S(=O)(=O)N(CC)CC)ccc2F)cs1. The summed E-state index contributed by atoms with van der Waals surface area (Å²) < 4.78 is 45.6. The van der Waals surface area contributed by atoms with Crippen LogP contribution >= 0.6 is 11.3 Å². The summed E-state index contributed by atoms with van der Waals surface area (Å²) in [5.41, 5.74) is 0.177. The number of carbonyl (C=O) groups is 1. The van der Waals surface area contributed by atoms with Crippen molar-refractivity contribution < 1.29 is 22.3 Å². The molecule has 1 heterocycles. The van der Waals surface area contributed by atoms with Crippen LogP contribution in [0.15, 0.2) is 28.5 Å². The van der Waals surface area contributed by atoms with Crippen molar-refractivity contribution in [3.63, 3.8) is 0 Å². The van der Waals surface area contributed by atoms with Gasteiger partial charge in [-0.05, 0) is 31.0 Å². The van der Waals surface area contributed by atoms with Crippen molar-refractivity contribution in [1.82, 2.24) is 9.29 Å². The number of sulfonamides is 1. The van der Waals surface area contributed by atoms with Crippen molar-refractivity contribution in [2.45, 2.75) is 45.1 Å². The molecule has 0 N–H and O–H groups in total. The number of hydrogen-bond acceptors (Lipinski definition) is 6. The van der Waals surface area contributed by atoms with Crippen LogP contribution in [0.5, 0.6) is 0 Å². The van der Waals surface area contributed by atoms with E-state index >= 15 is 0 Å². The molecule has 0 saturated heterocycles. The van der Waals surface area contributed by atoms with Gasteiger partial charge in [0.2, 0.25) is 10.0 Å². The quantitative estimate of drug-likeness (QED) is 0.586. The first-order chi connectivity index (χ1) is 12.8. The molecule has 9 heteroatoms.